The molecule has 0 spiro atoms. The molecular formula is C17H27NO3. The molecule has 4 nitrogen and oxygen atoms in total. The molecule has 0 aromatic heterocycles. The van der Waals surface area contributed by atoms with Gasteiger partial charge in [-0.3, -0.25) is 0 Å². The van der Waals surface area contributed by atoms with Crippen LogP contribution in [-0.4, -0.2) is 33.3 Å². The third-order valence-electron chi connectivity index (χ3n) is 3.74. The van der Waals surface area contributed by atoms with Crippen LogP contribution in [0.15, 0.2) is 30.3 Å². The van der Waals surface area contributed by atoms with E-state index in [1.807, 2.05) is 30.3 Å². The van der Waals surface area contributed by atoms with Crippen molar-refractivity contribution < 1.29 is 14.3 Å². The minimum absolute atomic E-state index is 0.284. The van der Waals surface area contributed by atoms with Crippen molar-refractivity contribution >= 4 is 5.97 Å². The number of nitrogens with one attached hydrogen (secondary N) is 1. The van der Waals surface area contributed by atoms with E-state index in [4.69, 9.17) is 9.47 Å². The number of benzene rings is 1. The fraction of sp³-hybridized carbons (Fsp3) is 0.588. The number of ether oxygens (including phenoxy) is 2. The van der Waals surface area contributed by atoms with Crippen LogP contribution < -0.4 is 5.32 Å². The molecule has 1 N–H and O–H groups in total. The van der Waals surface area contributed by atoms with E-state index >= 15 is 0 Å². The van der Waals surface area contributed by atoms with E-state index in [0.717, 1.165) is 18.6 Å². The van der Waals surface area contributed by atoms with Crippen LogP contribution in [0.25, 0.3) is 0 Å². The first kappa shape index (κ1) is 17.7. The molecule has 0 saturated carbocycles. The molecule has 1 unspecified atom stereocenters. The maximum atomic E-state index is 12.3. The monoisotopic (exact) mass is 293 g/mol. The van der Waals surface area contributed by atoms with Crippen LogP contribution in [0, 0.1) is 0 Å². The molecule has 0 aliphatic heterocycles. The van der Waals surface area contributed by atoms with Crippen LogP contribution in [0.3, 0.4) is 0 Å². The first-order valence-electron chi connectivity index (χ1n) is 7.62. The second kappa shape index (κ2) is 9.53. The first-order valence-corrected chi connectivity index (χ1v) is 7.62. The molecule has 21 heavy (non-hydrogen) atoms. The Morgan fingerprint density at radius 2 is 1.90 bits per heavy atom. The van der Waals surface area contributed by atoms with Gasteiger partial charge in [0.15, 0.2) is 0 Å². The van der Waals surface area contributed by atoms with Gasteiger partial charge in [-0.15, -0.1) is 0 Å². The molecule has 0 aliphatic rings. The number of carbonyl (C=O) groups excluding carboxylic acids is 1. The highest BCUT2D eigenvalue weighted by Crippen LogP contribution is 2.26. The van der Waals surface area contributed by atoms with E-state index in [0.29, 0.717) is 13.0 Å². The summed E-state index contributed by atoms with van der Waals surface area (Å²) < 4.78 is 10.7. The molecule has 0 radical (unpaired) electrons. The highest BCUT2D eigenvalue weighted by molar-refractivity contribution is 5.82. The average molecular weight is 293 g/mol. The number of esters is 1. The molecule has 0 heterocycles. The average Bonchev–Trinajstić information content (AvgIpc) is 2.55. The summed E-state index contributed by atoms with van der Waals surface area (Å²) in [5.41, 5.74) is 0.0531. The summed E-state index contributed by atoms with van der Waals surface area (Å²) in [5, 5.41) is 3.13. The fourth-order valence-electron chi connectivity index (χ4n) is 2.41. The van der Waals surface area contributed by atoms with E-state index in [2.05, 4.69) is 12.2 Å². The fourth-order valence-corrected chi connectivity index (χ4v) is 2.41. The van der Waals surface area contributed by atoms with Crippen molar-refractivity contribution in [3.8, 4) is 0 Å². The van der Waals surface area contributed by atoms with Crippen molar-refractivity contribution in [2.24, 2.45) is 0 Å². The van der Waals surface area contributed by atoms with E-state index < -0.39 is 5.54 Å². The van der Waals surface area contributed by atoms with Crippen molar-refractivity contribution in [1.82, 2.24) is 5.32 Å². The van der Waals surface area contributed by atoms with Gasteiger partial charge in [0.25, 0.3) is 0 Å². The third-order valence-corrected chi connectivity index (χ3v) is 3.74. The Bertz CT molecular complexity index is 408. The Balaban J connectivity index is 2.71. The van der Waals surface area contributed by atoms with E-state index in [-0.39, 0.29) is 5.97 Å². The van der Waals surface area contributed by atoms with Crippen LogP contribution in [0.4, 0.5) is 0 Å². The van der Waals surface area contributed by atoms with Gasteiger partial charge in [0.05, 0.1) is 7.11 Å². The molecule has 4 heteroatoms. The largest absolute Gasteiger partial charge is 0.467 e. The standard InChI is InChI=1S/C17H27NO3/c1-4-5-9-13-21-14-12-17(18-2,16(19)20-3)15-10-7-6-8-11-15/h6-8,10-11,18H,4-5,9,12-14H2,1-3H3. The van der Waals surface area contributed by atoms with Crippen molar-refractivity contribution in [3.05, 3.63) is 35.9 Å². The molecule has 118 valence electrons. The minimum Gasteiger partial charge on any atom is -0.467 e. The van der Waals surface area contributed by atoms with Gasteiger partial charge in [-0.25, -0.2) is 4.79 Å². The molecule has 0 aliphatic carbocycles. The predicted molar refractivity (Wildman–Crippen MR) is 84.2 cm³/mol. The number of methoxy groups -OCH3 is 1. The lowest BCUT2D eigenvalue weighted by Crippen LogP contribution is -2.49. The van der Waals surface area contributed by atoms with Crippen molar-refractivity contribution in [2.75, 3.05) is 27.4 Å². The summed E-state index contributed by atoms with van der Waals surface area (Å²) in [6.07, 6.45) is 3.96. The van der Waals surface area contributed by atoms with Gasteiger partial charge in [-0.1, -0.05) is 50.1 Å². The van der Waals surface area contributed by atoms with Crippen LogP contribution in [0.1, 0.15) is 38.2 Å². The van der Waals surface area contributed by atoms with E-state index in [1.54, 1.807) is 7.05 Å². The van der Waals surface area contributed by atoms with Crippen LogP contribution in [-0.2, 0) is 19.8 Å². The Morgan fingerprint density at radius 1 is 1.19 bits per heavy atom. The molecule has 0 fully saturated rings. The van der Waals surface area contributed by atoms with Crippen LogP contribution in [0.2, 0.25) is 0 Å². The Hall–Kier alpha value is -1.39. The summed E-state index contributed by atoms with van der Waals surface area (Å²) in [6, 6.07) is 9.65. The Kier molecular flexibility index (Phi) is 8.01. The van der Waals surface area contributed by atoms with E-state index in [1.165, 1.54) is 20.0 Å². The van der Waals surface area contributed by atoms with Gasteiger partial charge in [-0.2, -0.15) is 0 Å². The van der Waals surface area contributed by atoms with Gasteiger partial charge in [-0.05, 0) is 19.0 Å². The summed E-state index contributed by atoms with van der Waals surface area (Å²) >= 11 is 0. The van der Waals surface area contributed by atoms with Gasteiger partial charge >= 0.3 is 5.97 Å². The summed E-state index contributed by atoms with van der Waals surface area (Å²) in [5.74, 6) is -0.284. The van der Waals surface area contributed by atoms with Gasteiger partial charge in [0, 0.05) is 19.6 Å². The van der Waals surface area contributed by atoms with E-state index in [9.17, 15) is 4.79 Å². The number of hydrogen-bond donors (Lipinski definition) is 1. The SMILES string of the molecule is CCCCCOCCC(NC)(C(=O)OC)c1ccccc1. The number of hydrogen-bond acceptors (Lipinski definition) is 4. The number of rotatable bonds is 10. The number of likely N-dealkylation sites (N-methyl/N-ethyl adjacent to an activating group) is 1. The summed E-state index contributed by atoms with van der Waals surface area (Å²) in [6.45, 7) is 3.43. The lowest BCUT2D eigenvalue weighted by Gasteiger charge is -2.31. The quantitative estimate of drug-likeness (QED) is 0.532. The van der Waals surface area contributed by atoms with Gasteiger partial charge in [0.1, 0.15) is 5.54 Å². The maximum absolute atomic E-state index is 12.3. The highest BCUT2D eigenvalue weighted by atomic mass is 16.5. The molecule has 1 aromatic rings. The lowest BCUT2D eigenvalue weighted by atomic mass is 9.87. The smallest absolute Gasteiger partial charge is 0.330 e. The summed E-state index contributed by atoms with van der Waals surface area (Å²) in [4.78, 5) is 12.3. The van der Waals surface area contributed by atoms with Gasteiger partial charge < -0.3 is 14.8 Å². The highest BCUT2D eigenvalue weighted by Gasteiger charge is 2.39. The number of unbranched alkanes of at least 4 members (excludes halogenated alkanes) is 2. The molecule has 0 bridgehead atoms. The molecule has 1 atom stereocenters. The Labute approximate surface area is 127 Å². The minimum atomic E-state index is -0.846. The molecule has 0 amide bonds. The van der Waals surface area contributed by atoms with Crippen molar-refractivity contribution in [3.63, 3.8) is 0 Å². The van der Waals surface area contributed by atoms with Gasteiger partial charge in [0.2, 0.25) is 0 Å². The summed E-state index contributed by atoms with van der Waals surface area (Å²) in [7, 11) is 3.19. The Morgan fingerprint density at radius 3 is 2.48 bits per heavy atom. The third kappa shape index (κ3) is 4.83. The van der Waals surface area contributed by atoms with Crippen LogP contribution >= 0.6 is 0 Å². The zero-order chi connectivity index (χ0) is 15.6. The first-order chi connectivity index (χ1) is 10.2. The zero-order valence-electron chi connectivity index (χ0n) is 13.4. The lowest BCUT2D eigenvalue weighted by molar-refractivity contribution is -0.150. The second-order valence-electron chi connectivity index (χ2n) is 5.08. The zero-order valence-corrected chi connectivity index (χ0v) is 13.4. The second-order valence-corrected chi connectivity index (χ2v) is 5.08. The van der Waals surface area contributed by atoms with Crippen molar-refractivity contribution in [1.29, 1.82) is 0 Å². The number of carbonyl (C=O) groups is 1. The molecule has 1 rings (SSSR count). The molecular weight excluding hydrogens is 266 g/mol. The maximum Gasteiger partial charge on any atom is 0.330 e. The molecule has 1 aromatic carbocycles. The normalized spacial score (nSPS) is 13.7. The molecule has 0 saturated heterocycles. The van der Waals surface area contributed by atoms with Crippen molar-refractivity contribution in [2.45, 2.75) is 38.1 Å². The van der Waals surface area contributed by atoms with Crippen LogP contribution in [0.5, 0.6) is 0 Å². The topological polar surface area (TPSA) is 47.6 Å². The predicted octanol–water partition coefficient (Wildman–Crippen LogP) is 2.87.